The molecule has 3 aromatic rings. The summed E-state index contributed by atoms with van der Waals surface area (Å²) in [5.41, 5.74) is 2.18. The van der Waals surface area contributed by atoms with Crippen LogP contribution in [0.5, 0.6) is 5.75 Å². The van der Waals surface area contributed by atoms with Gasteiger partial charge >= 0.3 is 0 Å². The summed E-state index contributed by atoms with van der Waals surface area (Å²) in [6, 6.07) is 18.1. The molecule has 1 unspecified atom stereocenters. The maximum Gasteiger partial charge on any atom is 0.234 e. The molecule has 1 saturated carbocycles. The second kappa shape index (κ2) is 10.3. The normalized spacial score (nSPS) is 15.8. The van der Waals surface area contributed by atoms with Gasteiger partial charge in [-0.05, 0) is 57.0 Å². The molecule has 8 heteroatoms. The maximum absolute atomic E-state index is 13.1. The van der Waals surface area contributed by atoms with E-state index in [2.05, 4.69) is 27.6 Å². The third kappa shape index (κ3) is 5.10. The summed E-state index contributed by atoms with van der Waals surface area (Å²) in [4.78, 5) is 13.1. The number of thioether (sulfide) groups is 1. The minimum absolute atomic E-state index is 0.158. The smallest absolute Gasteiger partial charge is 0.234 e. The molecule has 7 nitrogen and oxygen atoms in total. The topological polar surface area (TPSA) is 92.8 Å². The number of nitrogens with one attached hydrogen (secondary N) is 1. The Hall–Kier alpha value is -3.31. The summed E-state index contributed by atoms with van der Waals surface area (Å²) >= 11 is 1.34. The van der Waals surface area contributed by atoms with Crippen molar-refractivity contribution < 1.29 is 9.53 Å². The number of aryl methyl sites for hydroxylation is 1. The Balaban J connectivity index is 1.64. The van der Waals surface area contributed by atoms with Gasteiger partial charge in [0, 0.05) is 11.3 Å². The van der Waals surface area contributed by atoms with Crippen molar-refractivity contribution >= 4 is 17.7 Å². The average Bonchev–Trinajstić information content (AvgIpc) is 3.28. The first kappa shape index (κ1) is 23.8. The van der Waals surface area contributed by atoms with E-state index in [1.165, 1.54) is 11.8 Å². The zero-order valence-electron chi connectivity index (χ0n) is 19.7. The molecular formula is C26H29N5O2S. The first-order chi connectivity index (χ1) is 16.4. The molecule has 2 aromatic carbocycles. The molecule has 176 valence electrons. The van der Waals surface area contributed by atoms with Crippen LogP contribution in [-0.4, -0.2) is 38.6 Å². The Labute approximate surface area is 204 Å². The number of carbonyl (C=O) groups excluding carboxylic acids is 1. The molecule has 34 heavy (non-hydrogen) atoms. The predicted octanol–water partition coefficient (Wildman–Crippen LogP) is 5.07. The average molecular weight is 476 g/mol. The van der Waals surface area contributed by atoms with Crippen LogP contribution in [0.15, 0.2) is 53.7 Å². The molecule has 0 spiro atoms. The van der Waals surface area contributed by atoms with E-state index < -0.39 is 10.8 Å². The molecule has 0 radical (unpaired) electrons. The Morgan fingerprint density at radius 1 is 1.18 bits per heavy atom. The van der Waals surface area contributed by atoms with E-state index in [0.717, 1.165) is 41.8 Å². The predicted molar refractivity (Wildman–Crippen MR) is 133 cm³/mol. The number of hydrogen-bond acceptors (Lipinski definition) is 6. The standard InChI is InChI=1S/C26H29N5O2S/c1-18-8-7-9-20(16-18)23-29-30-25(31(23)21-10-12-22(33-3)13-11-21)34-19(2)24(32)28-26(17-27)14-5-4-6-15-26/h7-13,16,19H,4-6,14-15H2,1-3H3,(H,28,32). The summed E-state index contributed by atoms with van der Waals surface area (Å²) < 4.78 is 7.27. The molecule has 1 fully saturated rings. The van der Waals surface area contributed by atoms with Crippen molar-refractivity contribution in [1.82, 2.24) is 20.1 Å². The number of nitriles is 1. The summed E-state index contributed by atoms with van der Waals surface area (Å²) in [6.07, 6.45) is 4.43. The van der Waals surface area contributed by atoms with E-state index in [0.29, 0.717) is 23.8 Å². The quantitative estimate of drug-likeness (QED) is 0.479. The second-order valence-corrected chi connectivity index (χ2v) is 10.0. The summed E-state index contributed by atoms with van der Waals surface area (Å²) in [5, 5.41) is 21.9. The van der Waals surface area contributed by atoms with Crippen molar-refractivity contribution in [2.45, 2.75) is 61.9 Å². The zero-order chi connectivity index (χ0) is 24.1. The van der Waals surface area contributed by atoms with E-state index in [9.17, 15) is 10.1 Å². The molecule has 1 aliphatic rings. The molecule has 1 atom stereocenters. The van der Waals surface area contributed by atoms with Gasteiger partial charge in [-0.15, -0.1) is 10.2 Å². The number of amides is 1. The molecular weight excluding hydrogens is 446 g/mol. The van der Waals surface area contributed by atoms with Crippen LogP contribution in [0.25, 0.3) is 17.1 Å². The number of hydrogen-bond donors (Lipinski definition) is 1. The van der Waals surface area contributed by atoms with Gasteiger partial charge < -0.3 is 10.1 Å². The number of methoxy groups -OCH3 is 1. The Morgan fingerprint density at radius 2 is 1.91 bits per heavy atom. The fraction of sp³-hybridized carbons (Fsp3) is 0.385. The molecule has 0 saturated heterocycles. The number of benzene rings is 2. The number of aromatic nitrogens is 3. The van der Waals surface area contributed by atoms with Crippen LogP contribution >= 0.6 is 11.8 Å². The highest BCUT2D eigenvalue weighted by Gasteiger charge is 2.35. The first-order valence-electron chi connectivity index (χ1n) is 11.5. The van der Waals surface area contributed by atoms with Crippen LogP contribution in [0.2, 0.25) is 0 Å². The van der Waals surface area contributed by atoms with E-state index in [1.54, 1.807) is 7.11 Å². The minimum atomic E-state index is -0.763. The zero-order valence-corrected chi connectivity index (χ0v) is 20.6. The third-order valence-corrected chi connectivity index (χ3v) is 7.22. The largest absolute Gasteiger partial charge is 0.497 e. The number of ether oxygens (including phenoxy) is 1. The lowest BCUT2D eigenvalue weighted by Gasteiger charge is -2.32. The second-order valence-electron chi connectivity index (χ2n) is 8.71. The molecule has 0 bridgehead atoms. The van der Waals surface area contributed by atoms with Gasteiger partial charge in [-0.3, -0.25) is 9.36 Å². The van der Waals surface area contributed by atoms with Gasteiger partial charge in [-0.25, -0.2) is 0 Å². The monoisotopic (exact) mass is 475 g/mol. The number of nitrogens with zero attached hydrogens (tertiary/aromatic N) is 4. The van der Waals surface area contributed by atoms with Crippen molar-refractivity contribution in [3.63, 3.8) is 0 Å². The third-order valence-electron chi connectivity index (χ3n) is 6.18. The van der Waals surface area contributed by atoms with Crippen molar-refractivity contribution in [2.24, 2.45) is 0 Å². The highest BCUT2D eigenvalue weighted by atomic mass is 32.2. The molecule has 1 amide bonds. The molecule has 1 aliphatic carbocycles. The van der Waals surface area contributed by atoms with Gasteiger partial charge in [0.05, 0.1) is 18.4 Å². The first-order valence-corrected chi connectivity index (χ1v) is 12.4. The summed E-state index contributed by atoms with van der Waals surface area (Å²) in [5.74, 6) is 1.30. The lowest BCUT2D eigenvalue weighted by atomic mass is 9.83. The summed E-state index contributed by atoms with van der Waals surface area (Å²) in [6.45, 7) is 3.88. The summed E-state index contributed by atoms with van der Waals surface area (Å²) in [7, 11) is 1.63. The van der Waals surface area contributed by atoms with E-state index >= 15 is 0 Å². The van der Waals surface area contributed by atoms with Gasteiger partial charge in [0.15, 0.2) is 11.0 Å². The highest BCUT2D eigenvalue weighted by molar-refractivity contribution is 8.00. The Morgan fingerprint density at radius 3 is 2.56 bits per heavy atom. The van der Waals surface area contributed by atoms with Crippen molar-refractivity contribution in [2.75, 3.05) is 7.11 Å². The van der Waals surface area contributed by atoms with E-state index in [-0.39, 0.29) is 5.91 Å². The molecule has 1 N–H and O–H groups in total. The number of rotatable bonds is 7. The maximum atomic E-state index is 13.1. The SMILES string of the molecule is COc1ccc(-n2c(SC(C)C(=O)NC3(C#N)CCCCC3)nnc2-c2cccc(C)c2)cc1. The van der Waals surface area contributed by atoms with Gasteiger partial charge in [0.2, 0.25) is 5.91 Å². The lowest BCUT2D eigenvalue weighted by Crippen LogP contribution is -2.50. The fourth-order valence-electron chi connectivity index (χ4n) is 4.25. The van der Waals surface area contributed by atoms with Crippen LogP contribution in [0, 0.1) is 18.3 Å². The van der Waals surface area contributed by atoms with Gasteiger partial charge in [-0.1, -0.05) is 54.8 Å². The van der Waals surface area contributed by atoms with E-state index in [4.69, 9.17) is 4.74 Å². The molecule has 0 aliphatic heterocycles. The number of carbonyl (C=O) groups is 1. The lowest BCUT2D eigenvalue weighted by molar-refractivity contribution is -0.121. The van der Waals surface area contributed by atoms with Crippen LogP contribution in [0.3, 0.4) is 0 Å². The Bertz CT molecular complexity index is 1190. The van der Waals surface area contributed by atoms with Crippen LogP contribution in [0.4, 0.5) is 0 Å². The van der Waals surface area contributed by atoms with Gasteiger partial charge in [0.25, 0.3) is 0 Å². The Kier molecular flexibility index (Phi) is 7.23. The molecule has 1 aromatic heterocycles. The minimum Gasteiger partial charge on any atom is -0.497 e. The van der Waals surface area contributed by atoms with Crippen LogP contribution in [0.1, 0.15) is 44.6 Å². The van der Waals surface area contributed by atoms with Crippen LogP contribution < -0.4 is 10.1 Å². The van der Waals surface area contributed by atoms with Crippen molar-refractivity contribution in [1.29, 1.82) is 5.26 Å². The van der Waals surface area contributed by atoms with Crippen LogP contribution in [-0.2, 0) is 4.79 Å². The van der Waals surface area contributed by atoms with Gasteiger partial charge in [0.1, 0.15) is 11.3 Å². The molecule has 4 rings (SSSR count). The highest BCUT2D eigenvalue weighted by Crippen LogP contribution is 2.32. The molecule has 1 heterocycles. The van der Waals surface area contributed by atoms with E-state index in [1.807, 2.05) is 60.9 Å². The fourth-order valence-corrected chi connectivity index (χ4v) is 5.12. The van der Waals surface area contributed by atoms with Crippen molar-refractivity contribution in [3.05, 3.63) is 54.1 Å². The van der Waals surface area contributed by atoms with Gasteiger partial charge in [-0.2, -0.15) is 5.26 Å². The van der Waals surface area contributed by atoms with Crippen molar-refractivity contribution in [3.8, 4) is 28.9 Å².